The fourth-order valence-corrected chi connectivity index (χ4v) is 2.67. The van der Waals surface area contributed by atoms with Gasteiger partial charge in [0, 0.05) is 12.6 Å². The van der Waals surface area contributed by atoms with Crippen LogP contribution in [0.4, 0.5) is 0 Å². The van der Waals surface area contributed by atoms with Gasteiger partial charge in [-0.25, -0.2) is 0 Å². The first-order valence-corrected chi connectivity index (χ1v) is 6.24. The molecular weight excluding hydrogens is 224 g/mol. The molecule has 0 aromatic heterocycles. The lowest BCUT2D eigenvalue weighted by molar-refractivity contribution is -0.134. The quantitative estimate of drug-likeness (QED) is 0.766. The molecule has 0 bridgehead atoms. The van der Waals surface area contributed by atoms with Crippen molar-refractivity contribution < 1.29 is 4.79 Å². The molecule has 0 saturated carbocycles. The summed E-state index contributed by atoms with van der Waals surface area (Å²) in [7, 11) is 0. The van der Waals surface area contributed by atoms with Crippen molar-refractivity contribution >= 4 is 18.3 Å². The largest absolute Gasteiger partial charge is 0.338 e. The van der Waals surface area contributed by atoms with Crippen LogP contribution in [0.15, 0.2) is 0 Å². The molecule has 3 atom stereocenters. The van der Waals surface area contributed by atoms with Crippen molar-refractivity contribution in [3.63, 3.8) is 0 Å². The molecule has 1 amide bonds. The van der Waals surface area contributed by atoms with Crippen molar-refractivity contribution in [2.75, 3.05) is 13.1 Å². The highest BCUT2D eigenvalue weighted by Crippen LogP contribution is 2.25. The number of amides is 1. The molecule has 0 spiro atoms. The van der Waals surface area contributed by atoms with Crippen molar-refractivity contribution in [2.24, 2.45) is 5.92 Å². The van der Waals surface area contributed by atoms with E-state index in [4.69, 9.17) is 0 Å². The zero-order valence-corrected chi connectivity index (χ0v) is 11.1. The Kier molecular flexibility index (Phi) is 5.06. The van der Waals surface area contributed by atoms with Crippen molar-refractivity contribution in [1.82, 2.24) is 10.2 Å². The number of carbonyl (C=O) groups excluding carboxylic acids is 1. The molecule has 0 radical (unpaired) electrons. The van der Waals surface area contributed by atoms with Gasteiger partial charge in [0.15, 0.2) is 0 Å². The predicted octanol–water partition coefficient (Wildman–Crippen LogP) is 1.81. The van der Waals surface area contributed by atoms with Crippen molar-refractivity contribution in [3.05, 3.63) is 0 Å². The highest BCUT2D eigenvalue weighted by molar-refractivity contribution is 5.85. The first kappa shape index (κ1) is 13.8. The molecule has 2 unspecified atom stereocenters. The van der Waals surface area contributed by atoms with Gasteiger partial charge < -0.3 is 10.2 Å². The number of piperidine rings is 1. The molecule has 16 heavy (non-hydrogen) atoms. The molecule has 2 heterocycles. The van der Waals surface area contributed by atoms with E-state index in [0.717, 1.165) is 19.5 Å². The van der Waals surface area contributed by atoms with Gasteiger partial charge in [-0.15, -0.1) is 12.4 Å². The fraction of sp³-hybridized carbons (Fsp3) is 0.917. The number of hydrogen-bond donors (Lipinski definition) is 1. The molecule has 2 fully saturated rings. The minimum Gasteiger partial charge on any atom is -0.338 e. The Labute approximate surface area is 104 Å². The molecule has 0 aliphatic carbocycles. The second kappa shape index (κ2) is 5.87. The minimum atomic E-state index is 0. The average molecular weight is 247 g/mol. The Morgan fingerprint density at radius 2 is 2.00 bits per heavy atom. The van der Waals surface area contributed by atoms with Crippen LogP contribution < -0.4 is 5.32 Å². The minimum absolute atomic E-state index is 0. The summed E-state index contributed by atoms with van der Waals surface area (Å²) in [5, 5.41) is 3.34. The maximum absolute atomic E-state index is 12.2. The lowest BCUT2D eigenvalue weighted by Crippen LogP contribution is -2.49. The zero-order chi connectivity index (χ0) is 10.8. The van der Waals surface area contributed by atoms with E-state index in [9.17, 15) is 4.79 Å². The Morgan fingerprint density at radius 3 is 2.50 bits per heavy atom. The summed E-state index contributed by atoms with van der Waals surface area (Å²) in [5.74, 6) is 1.00. The summed E-state index contributed by atoms with van der Waals surface area (Å²) >= 11 is 0. The SMILES string of the molecule is CC1CCN(C(=O)[C@H]2CCCCN2)C1C.Cl. The van der Waals surface area contributed by atoms with E-state index in [1.165, 1.54) is 19.3 Å². The number of nitrogens with zero attached hydrogens (tertiary/aromatic N) is 1. The molecule has 94 valence electrons. The number of hydrogen-bond acceptors (Lipinski definition) is 2. The Hall–Kier alpha value is -0.280. The second-order valence-electron chi connectivity index (χ2n) is 5.04. The molecule has 2 aliphatic rings. The Balaban J connectivity index is 0.00000128. The van der Waals surface area contributed by atoms with Gasteiger partial charge in [0.05, 0.1) is 6.04 Å². The number of rotatable bonds is 1. The lowest BCUT2D eigenvalue weighted by atomic mass is 10.0. The normalized spacial score (nSPS) is 34.6. The van der Waals surface area contributed by atoms with E-state index >= 15 is 0 Å². The fourth-order valence-electron chi connectivity index (χ4n) is 2.67. The number of halogens is 1. The van der Waals surface area contributed by atoms with Gasteiger partial charge in [-0.2, -0.15) is 0 Å². The Morgan fingerprint density at radius 1 is 1.25 bits per heavy atom. The third kappa shape index (κ3) is 2.69. The zero-order valence-electron chi connectivity index (χ0n) is 10.2. The molecule has 0 aromatic carbocycles. The van der Waals surface area contributed by atoms with Crippen LogP contribution in [-0.2, 0) is 4.79 Å². The topological polar surface area (TPSA) is 32.3 Å². The van der Waals surface area contributed by atoms with E-state index in [0.29, 0.717) is 17.9 Å². The van der Waals surface area contributed by atoms with Crippen LogP contribution in [0.5, 0.6) is 0 Å². The standard InChI is InChI=1S/C12H22N2O.ClH/c1-9-6-8-14(10(9)2)12(15)11-5-3-4-7-13-11;/h9-11,13H,3-8H2,1-2H3;1H/t9?,10?,11-;/m1./s1. The van der Waals surface area contributed by atoms with Gasteiger partial charge >= 0.3 is 0 Å². The van der Waals surface area contributed by atoms with Crippen LogP contribution in [0.3, 0.4) is 0 Å². The van der Waals surface area contributed by atoms with Gasteiger partial charge in [-0.1, -0.05) is 13.3 Å². The summed E-state index contributed by atoms with van der Waals surface area (Å²) in [5.41, 5.74) is 0. The summed E-state index contributed by atoms with van der Waals surface area (Å²) in [4.78, 5) is 14.3. The van der Waals surface area contributed by atoms with Crippen LogP contribution in [-0.4, -0.2) is 36.0 Å². The molecule has 3 nitrogen and oxygen atoms in total. The molecule has 2 saturated heterocycles. The molecule has 0 aromatic rings. The van der Waals surface area contributed by atoms with E-state index in [1.807, 2.05) is 0 Å². The number of nitrogens with one attached hydrogen (secondary N) is 1. The van der Waals surface area contributed by atoms with Crippen molar-refractivity contribution in [2.45, 2.75) is 51.6 Å². The van der Waals surface area contributed by atoms with Gasteiger partial charge in [0.2, 0.25) is 5.91 Å². The first-order chi connectivity index (χ1) is 7.20. The molecule has 1 N–H and O–H groups in total. The van der Waals surface area contributed by atoms with Crippen LogP contribution in [0, 0.1) is 5.92 Å². The summed E-state index contributed by atoms with van der Waals surface area (Å²) < 4.78 is 0. The van der Waals surface area contributed by atoms with Gasteiger partial charge in [-0.3, -0.25) is 4.79 Å². The maximum Gasteiger partial charge on any atom is 0.239 e. The highest BCUT2D eigenvalue weighted by atomic mass is 35.5. The maximum atomic E-state index is 12.2. The highest BCUT2D eigenvalue weighted by Gasteiger charge is 2.34. The third-order valence-electron chi connectivity index (χ3n) is 4.03. The van der Waals surface area contributed by atoms with Crippen LogP contribution in [0.1, 0.15) is 39.5 Å². The van der Waals surface area contributed by atoms with Crippen LogP contribution >= 0.6 is 12.4 Å². The van der Waals surface area contributed by atoms with E-state index in [1.54, 1.807) is 0 Å². The van der Waals surface area contributed by atoms with Crippen molar-refractivity contribution in [1.29, 1.82) is 0 Å². The smallest absolute Gasteiger partial charge is 0.239 e. The summed E-state index contributed by atoms with van der Waals surface area (Å²) in [6, 6.07) is 0.535. The van der Waals surface area contributed by atoms with E-state index in [-0.39, 0.29) is 18.4 Å². The third-order valence-corrected chi connectivity index (χ3v) is 4.03. The van der Waals surface area contributed by atoms with E-state index in [2.05, 4.69) is 24.1 Å². The molecule has 4 heteroatoms. The molecule has 2 rings (SSSR count). The van der Waals surface area contributed by atoms with Crippen molar-refractivity contribution in [3.8, 4) is 0 Å². The van der Waals surface area contributed by atoms with Gasteiger partial charge in [-0.05, 0) is 38.6 Å². The monoisotopic (exact) mass is 246 g/mol. The average Bonchev–Trinajstić information content (AvgIpc) is 2.60. The second-order valence-corrected chi connectivity index (χ2v) is 5.04. The van der Waals surface area contributed by atoms with E-state index < -0.39 is 0 Å². The first-order valence-electron chi connectivity index (χ1n) is 6.24. The molecular formula is C12H23ClN2O. The van der Waals surface area contributed by atoms with Crippen LogP contribution in [0.25, 0.3) is 0 Å². The number of carbonyl (C=O) groups is 1. The van der Waals surface area contributed by atoms with Crippen LogP contribution in [0.2, 0.25) is 0 Å². The lowest BCUT2D eigenvalue weighted by Gasteiger charge is -2.30. The summed E-state index contributed by atoms with van der Waals surface area (Å²) in [6.45, 7) is 6.39. The number of likely N-dealkylation sites (tertiary alicyclic amines) is 1. The van der Waals surface area contributed by atoms with Gasteiger partial charge in [0.1, 0.15) is 0 Å². The summed E-state index contributed by atoms with van der Waals surface area (Å²) in [6.07, 6.45) is 4.60. The van der Waals surface area contributed by atoms with Gasteiger partial charge in [0.25, 0.3) is 0 Å². The Bertz CT molecular complexity index is 241. The molecule has 2 aliphatic heterocycles. The predicted molar refractivity (Wildman–Crippen MR) is 67.8 cm³/mol.